The molecule has 286 valence electrons. The van der Waals surface area contributed by atoms with Crippen molar-refractivity contribution in [1.82, 2.24) is 10.8 Å². The van der Waals surface area contributed by atoms with E-state index in [1.807, 2.05) is 0 Å². The van der Waals surface area contributed by atoms with Gasteiger partial charge in [-0.05, 0) is 38.5 Å². The normalized spacial score (nSPS) is 19.9. The number of esters is 3. The minimum Gasteiger partial charge on any atom is -0.467 e. The van der Waals surface area contributed by atoms with Crippen molar-refractivity contribution in [3.8, 4) is 5.75 Å². The predicted octanol–water partition coefficient (Wildman–Crippen LogP) is 0.00220. The van der Waals surface area contributed by atoms with E-state index in [0.717, 1.165) is 21.0 Å². The number of rotatable bonds is 18. The van der Waals surface area contributed by atoms with Crippen molar-refractivity contribution in [2.45, 2.75) is 77.5 Å². The van der Waals surface area contributed by atoms with Crippen LogP contribution in [-0.2, 0) is 63.7 Å². The van der Waals surface area contributed by atoms with Crippen LogP contribution in [0.2, 0.25) is 0 Å². The van der Waals surface area contributed by atoms with Crippen molar-refractivity contribution >= 4 is 36.0 Å². The van der Waals surface area contributed by atoms with Crippen molar-refractivity contribution in [2.75, 3.05) is 46.7 Å². The molecule has 0 unspecified atom stereocenters. The van der Waals surface area contributed by atoms with Gasteiger partial charge in [0.1, 0.15) is 18.0 Å². The van der Waals surface area contributed by atoms with Gasteiger partial charge in [-0.3, -0.25) is 19.2 Å². The zero-order valence-corrected chi connectivity index (χ0v) is 29.1. The van der Waals surface area contributed by atoms with Crippen LogP contribution in [-0.4, -0.2) is 124 Å². The van der Waals surface area contributed by atoms with Crippen molar-refractivity contribution < 1.29 is 81.3 Å². The van der Waals surface area contributed by atoms with Gasteiger partial charge in [0, 0.05) is 20.4 Å². The van der Waals surface area contributed by atoms with Crippen LogP contribution in [0, 0.1) is 0 Å². The van der Waals surface area contributed by atoms with E-state index in [-0.39, 0.29) is 57.5 Å². The predicted molar refractivity (Wildman–Crippen MR) is 169 cm³/mol. The molecule has 2 rings (SSSR count). The largest absolute Gasteiger partial charge is 0.467 e. The summed E-state index contributed by atoms with van der Waals surface area (Å²) in [5.74, 6) is -3.65. The summed E-state index contributed by atoms with van der Waals surface area (Å²) in [4.78, 5) is 77.2. The number of carbonyl (C=O) groups is 6. The molecule has 5 atom stereocenters. The van der Waals surface area contributed by atoms with E-state index in [1.165, 1.54) is 18.2 Å². The number of ether oxygens (including phenoxy) is 9. The molecule has 1 aromatic carbocycles. The minimum absolute atomic E-state index is 0.0226. The fourth-order valence-electron chi connectivity index (χ4n) is 4.27. The first-order valence-electron chi connectivity index (χ1n) is 15.5. The van der Waals surface area contributed by atoms with Crippen LogP contribution in [0.25, 0.3) is 0 Å². The zero-order chi connectivity index (χ0) is 38.1. The lowest BCUT2D eigenvalue weighted by Gasteiger charge is -2.41. The van der Waals surface area contributed by atoms with E-state index >= 15 is 0 Å². The molecular weight excluding hydrogens is 686 g/mol. The highest BCUT2D eigenvalue weighted by atomic mass is 16.7. The van der Waals surface area contributed by atoms with E-state index in [1.54, 1.807) is 20.8 Å². The molecule has 1 fully saturated rings. The van der Waals surface area contributed by atoms with Gasteiger partial charge in [-0.25, -0.2) is 14.4 Å². The summed E-state index contributed by atoms with van der Waals surface area (Å²) in [7, 11) is 1.04. The summed E-state index contributed by atoms with van der Waals surface area (Å²) in [5.41, 5.74) is 6.73. The van der Waals surface area contributed by atoms with Gasteiger partial charge in [0.15, 0.2) is 24.4 Å². The Labute approximate surface area is 293 Å². The average Bonchev–Trinajstić information content (AvgIpc) is 3.04. The van der Waals surface area contributed by atoms with Crippen LogP contribution in [0.3, 0.4) is 0 Å². The summed E-state index contributed by atoms with van der Waals surface area (Å²) in [6.07, 6.45) is -10.3. The Bertz CT molecular complexity index is 1350. The van der Waals surface area contributed by atoms with Crippen LogP contribution in [0.4, 0.5) is 9.59 Å². The summed E-state index contributed by atoms with van der Waals surface area (Å²) >= 11 is 0. The molecule has 0 aromatic heterocycles. The molecule has 1 saturated heterocycles. The van der Waals surface area contributed by atoms with Gasteiger partial charge in [-0.15, -0.1) is 0 Å². The third-order valence-corrected chi connectivity index (χ3v) is 6.26. The maximum absolute atomic E-state index is 13.3. The Morgan fingerprint density at radius 3 is 2.16 bits per heavy atom. The van der Waals surface area contributed by atoms with Crippen molar-refractivity contribution in [2.24, 2.45) is 5.73 Å². The number of nitrogens with two attached hydrogens (primary N) is 1. The van der Waals surface area contributed by atoms with Gasteiger partial charge in [0.2, 0.25) is 6.29 Å². The summed E-state index contributed by atoms with van der Waals surface area (Å²) in [6.45, 7) is 7.58. The molecule has 20 nitrogen and oxygen atoms in total. The number of aliphatic hydroxyl groups excluding tert-OH is 1. The molecule has 1 aromatic rings. The molecule has 20 heteroatoms. The monoisotopic (exact) mass is 731 g/mol. The lowest BCUT2D eigenvalue weighted by Crippen LogP contribution is -2.63. The number of nitrogens with one attached hydrogen (secondary N) is 2. The molecule has 1 aliphatic rings. The molecule has 0 radical (unpaired) electrons. The van der Waals surface area contributed by atoms with Crippen LogP contribution < -0.4 is 21.3 Å². The number of carbonyl (C=O) groups excluding carboxylic acids is 6. The Hall–Kier alpha value is -4.76. The third kappa shape index (κ3) is 15.3. The van der Waals surface area contributed by atoms with Crippen LogP contribution >= 0.6 is 0 Å². The molecular formula is C31H45N3O17. The second-order valence-corrected chi connectivity index (χ2v) is 11.6. The maximum atomic E-state index is 13.3. The Kier molecular flexibility index (Phi) is 17.3. The average molecular weight is 732 g/mol. The van der Waals surface area contributed by atoms with Crippen molar-refractivity contribution in [3.63, 3.8) is 0 Å². The number of hydrogen-bond donors (Lipinski definition) is 4. The van der Waals surface area contributed by atoms with E-state index in [9.17, 15) is 33.9 Å². The summed E-state index contributed by atoms with van der Waals surface area (Å²) in [5, 5.41) is 13.7. The van der Waals surface area contributed by atoms with E-state index in [4.69, 9.17) is 53.2 Å². The molecule has 0 bridgehead atoms. The molecule has 51 heavy (non-hydrogen) atoms. The highest BCUT2D eigenvalue weighted by Crippen LogP contribution is 2.31. The van der Waals surface area contributed by atoms with Crippen molar-refractivity contribution in [3.05, 3.63) is 29.3 Å². The van der Waals surface area contributed by atoms with Crippen molar-refractivity contribution in [1.29, 1.82) is 0 Å². The standard InChI is InChI=1S/C31H45N3O17/c1-17(35)47-23-22(37)28(50-25(27(39)42-6)24(23)48-18(2)36)49-21-8-7-19(16-45-29(32)40)15-20(21)26(38)33-9-10-43-11-12-44-13-14-46-34-30(41)51-31(3,4)5/h7-8,15,22-25,28,37H,9-14,16H2,1-6H3,(H2,32,40)(H,33,38)(H,34,41)/t22-,23-,24+,25+,28-/m1/s1. The first-order chi connectivity index (χ1) is 24.0. The fraction of sp³-hybridized carbons (Fsp3) is 0.613. The molecule has 3 amide bonds. The number of benzene rings is 1. The van der Waals surface area contributed by atoms with E-state index in [2.05, 4.69) is 10.8 Å². The Balaban J connectivity index is 2.04. The van der Waals surface area contributed by atoms with Gasteiger partial charge < -0.3 is 58.8 Å². The number of hydrogen-bond acceptors (Lipinski definition) is 17. The SMILES string of the molecule is COC(=O)[C@H]1O[C@@H](Oc2ccc(COC(N)=O)cc2C(=O)NCCOCCOCCONC(=O)OC(C)(C)C)[C@H](O)[C@@H](OC(C)=O)[C@@H]1OC(C)=O. The highest BCUT2D eigenvalue weighted by Gasteiger charge is 2.53. The number of methoxy groups -OCH3 is 1. The molecule has 5 N–H and O–H groups in total. The first kappa shape index (κ1) is 42.4. The summed E-state index contributed by atoms with van der Waals surface area (Å²) in [6, 6.07) is 4.05. The van der Waals surface area contributed by atoms with Gasteiger partial charge in [-0.1, -0.05) is 6.07 Å². The molecule has 0 spiro atoms. The van der Waals surface area contributed by atoms with Crippen LogP contribution in [0.5, 0.6) is 5.75 Å². The van der Waals surface area contributed by atoms with Gasteiger partial charge >= 0.3 is 30.1 Å². The number of aliphatic hydroxyl groups is 1. The van der Waals surface area contributed by atoms with Gasteiger partial charge in [0.05, 0.1) is 45.7 Å². The molecule has 0 saturated carbocycles. The Morgan fingerprint density at radius 2 is 1.55 bits per heavy atom. The zero-order valence-electron chi connectivity index (χ0n) is 29.1. The van der Waals surface area contributed by atoms with Crippen LogP contribution in [0.1, 0.15) is 50.5 Å². The molecule has 1 aliphatic heterocycles. The number of amides is 3. The Morgan fingerprint density at radius 1 is 0.922 bits per heavy atom. The maximum Gasteiger partial charge on any atom is 0.431 e. The molecule has 1 heterocycles. The number of hydroxylamine groups is 1. The molecule has 0 aliphatic carbocycles. The van der Waals surface area contributed by atoms with Gasteiger partial charge in [-0.2, -0.15) is 5.48 Å². The lowest BCUT2D eigenvalue weighted by molar-refractivity contribution is -0.278. The van der Waals surface area contributed by atoms with E-state index < -0.39 is 72.3 Å². The van der Waals surface area contributed by atoms with Crippen LogP contribution in [0.15, 0.2) is 18.2 Å². The number of primary amides is 1. The minimum atomic E-state index is -1.84. The van der Waals surface area contributed by atoms with Gasteiger partial charge in [0.25, 0.3) is 5.91 Å². The summed E-state index contributed by atoms with van der Waals surface area (Å²) < 4.78 is 47.1. The smallest absolute Gasteiger partial charge is 0.431 e. The second-order valence-electron chi connectivity index (χ2n) is 11.6. The first-order valence-corrected chi connectivity index (χ1v) is 15.5. The van der Waals surface area contributed by atoms with E-state index in [0.29, 0.717) is 5.56 Å². The lowest BCUT2D eigenvalue weighted by atomic mass is 9.98. The second kappa shape index (κ2) is 20.8. The highest BCUT2D eigenvalue weighted by molar-refractivity contribution is 5.97. The third-order valence-electron chi connectivity index (χ3n) is 6.26. The fourth-order valence-corrected chi connectivity index (χ4v) is 4.27. The quantitative estimate of drug-likeness (QED) is 0.0670. The topological polar surface area (TPSA) is 265 Å².